The highest BCUT2D eigenvalue weighted by molar-refractivity contribution is 5.74. The number of nitrogens with two attached hydrogens (primary N) is 1. The number of nitrogens with one attached hydrogen (secondary N) is 1. The van der Waals surface area contributed by atoms with Crippen molar-refractivity contribution in [2.75, 3.05) is 35.6 Å². The van der Waals surface area contributed by atoms with Gasteiger partial charge >= 0.3 is 0 Å². The van der Waals surface area contributed by atoms with Crippen LogP contribution in [0.25, 0.3) is 0 Å². The molecule has 1 aromatic heterocycles. The van der Waals surface area contributed by atoms with Crippen LogP contribution in [0.2, 0.25) is 0 Å². The molecule has 1 saturated heterocycles. The van der Waals surface area contributed by atoms with Crippen LogP contribution in [0.5, 0.6) is 0 Å². The highest BCUT2D eigenvalue weighted by Gasteiger charge is 2.22. The Kier molecular flexibility index (Phi) is 4.95. The summed E-state index contributed by atoms with van der Waals surface area (Å²) >= 11 is 0. The lowest BCUT2D eigenvalue weighted by Crippen LogP contribution is -2.35. The third kappa shape index (κ3) is 3.73. The molecule has 0 spiro atoms. The van der Waals surface area contributed by atoms with Crippen LogP contribution in [0.4, 0.5) is 17.3 Å². The normalized spacial score (nSPS) is 15.6. The summed E-state index contributed by atoms with van der Waals surface area (Å²) in [5.41, 5.74) is 8.32. The molecule has 5 nitrogen and oxygen atoms in total. The molecule has 122 valence electrons. The molecule has 23 heavy (non-hydrogen) atoms. The molecule has 0 saturated carbocycles. The zero-order valence-electron chi connectivity index (χ0n) is 13.7. The zero-order valence-corrected chi connectivity index (χ0v) is 13.7. The van der Waals surface area contributed by atoms with E-state index in [1.807, 2.05) is 6.92 Å². The van der Waals surface area contributed by atoms with E-state index in [-0.39, 0.29) is 0 Å². The summed E-state index contributed by atoms with van der Waals surface area (Å²) in [4.78, 5) is 10.9. The van der Waals surface area contributed by atoms with E-state index < -0.39 is 0 Å². The lowest BCUT2D eigenvalue weighted by Gasteiger charge is -2.33. The van der Waals surface area contributed by atoms with Crippen molar-refractivity contribution < 1.29 is 0 Å². The number of piperidine rings is 1. The van der Waals surface area contributed by atoms with Gasteiger partial charge in [0, 0.05) is 19.6 Å². The van der Waals surface area contributed by atoms with Crippen LogP contribution in [0, 0.1) is 5.92 Å². The fourth-order valence-corrected chi connectivity index (χ4v) is 3.24. The van der Waals surface area contributed by atoms with Gasteiger partial charge in [-0.05, 0) is 37.7 Å². The number of benzene rings is 1. The first-order valence-electron chi connectivity index (χ1n) is 8.41. The molecule has 1 aliphatic rings. The summed E-state index contributed by atoms with van der Waals surface area (Å²) in [6.45, 7) is 4.85. The van der Waals surface area contributed by atoms with E-state index in [0.29, 0.717) is 5.69 Å². The predicted octanol–water partition coefficient (Wildman–Crippen LogP) is 2.95. The Balaban J connectivity index is 1.62. The minimum atomic E-state index is 0.663. The van der Waals surface area contributed by atoms with Gasteiger partial charge in [0.25, 0.3) is 0 Å². The number of nitrogen functional groups attached to an aromatic ring is 1. The van der Waals surface area contributed by atoms with E-state index in [2.05, 4.69) is 50.5 Å². The molecule has 0 amide bonds. The largest absolute Gasteiger partial charge is 0.393 e. The van der Waals surface area contributed by atoms with Crippen LogP contribution in [-0.4, -0.2) is 29.6 Å². The van der Waals surface area contributed by atoms with Crippen LogP contribution in [0.1, 0.15) is 25.3 Å². The Hall–Kier alpha value is -2.30. The summed E-state index contributed by atoms with van der Waals surface area (Å²) in [5.74, 6) is 2.35. The molecule has 1 aromatic carbocycles. The van der Waals surface area contributed by atoms with E-state index in [4.69, 9.17) is 5.73 Å². The van der Waals surface area contributed by atoms with Crippen molar-refractivity contribution in [3.05, 3.63) is 42.2 Å². The quantitative estimate of drug-likeness (QED) is 0.888. The van der Waals surface area contributed by atoms with Crippen molar-refractivity contribution in [1.29, 1.82) is 0 Å². The summed E-state index contributed by atoms with van der Waals surface area (Å²) in [6, 6.07) is 10.8. The number of nitrogens with zero attached hydrogens (tertiary/aromatic N) is 3. The van der Waals surface area contributed by atoms with Gasteiger partial charge in [-0.25, -0.2) is 9.97 Å². The predicted molar refractivity (Wildman–Crippen MR) is 95.7 cm³/mol. The first kappa shape index (κ1) is 15.6. The molecule has 0 aliphatic carbocycles. The molecule has 2 aromatic rings. The highest BCUT2D eigenvalue weighted by Crippen LogP contribution is 2.30. The molecule has 2 heterocycles. The van der Waals surface area contributed by atoms with Crippen molar-refractivity contribution >= 4 is 17.3 Å². The van der Waals surface area contributed by atoms with Crippen molar-refractivity contribution in [1.82, 2.24) is 9.97 Å². The van der Waals surface area contributed by atoms with Crippen LogP contribution in [-0.2, 0) is 6.42 Å². The molecule has 0 atom stereocenters. The molecular weight excluding hydrogens is 286 g/mol. The molecule has 0 bridgehead atoms. The van der Waals surface area contributed by atoms with Crippen molar-refractivity contribution in [3.8, 4) is 0 Å². The standard InChI is InChI=1S/C18H25N5/c1-2-20-17-16(19)18(22-13-21-17)23-10-8-15(9-11-23)12-14-6-4-3-5-7-14/h3-7,13,15H,2,8-12,19H2,1H3,(H,20,21,22). The molecule has 0 unspecified atom stereocenters. The second-order valence-corrected chi connectivity index (χ2v) is 6.11. The van der Waals surface area contributed by atoms with Gasteiger partial charge in [-0.1, -0.05) is 30.3 Å². The molecule has 3 N–H and O–H groups in total. The lowest BCUT2D eigenvalue weighted by molar-refractivity contribution is 0.402. The van der Waals surface area contributed by atoms with Crippen molar-refractivity contribution in [2.24, 2.45) is 5.92 Å². The second kappa shape index (κ2) is 7.31. The van der Waals surface area contributed by atoms with Gasteiger partial charge in [-0.3, -0.25) is 0 Å². The number of aromatic nitrogens is 2. The summed E-state index contributed by atoms with van der Waals surface area (Å²) in [7, 11) is 0. The fourth-order valence-electron chi connectivity index (χ4n) is 3.24. The van der Waals surface area contributed by atoms with Crippen LogP contribution >= 0.6 is 0 Å². The number of anilines is 3. The van der Waals surface area contributed by atoms with Crippen LogP contribution < -0.4 is 16.0 Å². The third-order valence-electron chi connectivity index (χ3n) is 4.49. The maximum atomic E-state index is 6.23. The zero-order chi connectivity index (χ0) is 16.1. The van der Waals surface area contributed by atoms with E-state index in [1.54, 1.807) is 6.33 Å². The van der Waals surface area contributed by atoms with Crippen LogP contribution in [0.3, 0.4) is 0 Å². The van der Waals surface area contributed by atoms with Crippen LogP contribution in [0.15, 0.2) is 36.7 Å². The number of rotatable bonds is 5. The average molecular weight is 311 g/mol. The minimum absolute atomic E-state index is 0.663. The maximum Gasteiger partial charge on any atom is 0.157 e. The number of hydrogen-bond donors (Lipinski definition) is 2. The van der Waals surface area contributed by atoms with E-state index in [1.165, 1.54) is 18.4 Å². The van der Waals surface area contributed by atoms with Crippen molar-refractivity contribution in [3.63, 3.8) is 0 Å². The topological polar surface area (TPSA) is 67.1 Å². The summed E-state index contributed by atoms with van der Waals surface area (Å²) in [5, 5.41) is 3.19. The SMILES string of the molecule is CCNc1ncnc(N2CCC(Cc3ccccc3)CC2)c1N. The number of hydrogen-bond acceptors (Lipinski definition) is 5. The lowest BCUT2D eigenvalue weighted by atomic mass is 9.90. The maximum absolute atomic E-state index is 6.23. The van der Waals surface area contributed by atoms with Crippen molar-refractivity contribution in [2.45, 2.75) is 26.2 Å². The highest BCUT2D eigenvalue weighted by atomic mass is 15.2. The van der Waals surface area contributed by atoms with Gasteiger partial charge in [0.1, 0.15) is 12.0 Å². The second-order valence-electron chi connectivity index (χ2n) is 6.11. The van der Waals surface area contributed by atoms with E-state index in [0.717, 1.165) is 43.6 Å². The molecule has 1 fully saturated rings. The van der Waals surface area contributed by atoms with Gasteiger partial charge < -0.3 is 16.0 Å². The summed E-state index contributed by atoms with van der Waals surface area (Å²) < 4.78 is 0. The van der Waals surface area contributed by atoms with Gasteiger partial charge in [0.2, 0.25) is 0 Å². The third-order valence-corrected chi connectivity index (χ3v) is 4.49. The fraction of sp³-hybridized carbons (Fsp3) is 0.444. The molecule has 1 aliphatic heterocycles. The molecule has 0 radical (unpaired) electrons. The molecule has 5 heteroatoms. The molecule has 3 rings (SSSR count). The first-order valence-corrected chi connectivity index (χ1v) is 8.41. The Morgan fingerprint density at radius 1 is 1.17 bits per heavy atom. The van der Waals surface area contributed by atoms with E-state index >= 15 is 0 Å². The van der Waals surface area contributed by atoms with Gasteiger partial charge in [-0.15, -0.1) is 0 Å². The average Bonchev–Trinajstić information content (AvgIpc) is 2.59. The van der Waals surface area contributed by atoms with Gasteiger partial charge in [0.05, 0.1) is 0 Å². The Bertz CT molecular complexity index is 621. The molecular formula is C18H25N5. The van der Waals surface area contributed by atoms with E-state index in [9.17, 15) is 0 Å². The Morgan fingerprint density at radius 2 is 1.91 bits per heavy atom. The Morgan fingerprint density at radius 3 is 2.61 bits per heavy atom. The summed E-state index contributed by atoms with van der Waals surface area (Å²) in [6.07, 6.45) is 5.11. The first-order chi connectivity index (χ1) is 11.3. The van der Waals surface area contributed by atoms with Gasteiger partial charge in [-0.2, -0.15) is 0 Å². The Labute approximate surface area is 137 Å². The van der Waals surface area contributed by atoms with Gasteiger partial charge in [0.15, 0.2) is 11.6 Å². The minimum Gasteiger partial charge on any atom is -0.393 e. The monoisotopic (exact) mass is 311 g/mol. The smallest absolute Gasteiger partial charge is 0.157 e.